The van der Waals surface area contributed by atoms with Crippen LogP contribution in [0.25, 0.3) is 5.57 Å². The molecule has 1 aliphatic heterocycles. The third kappa shape index (κ3) is 3.20. The fourth-order valence-electron chi connectivity index (χ4n) is 2.28. The van der Waals surface area contributed by atoms with Crippen molar-refractivity contribution in [3.8, 4) is 6.07 Å². The molecule has 106 valence electrons. The fourth-order valence-corrected chi connectivity index (χ4v) is 2.28. The van der Waals surface area contributed by atoms with Crippen molar-refractivity contribution >= 4 is 5.57 Å². The summed E-state index contributed by atoms with van der Waals surface area (Å²) < 4.78 is 38.1. The van der Waals surface area contributed by atoms with Crippen molar-refractivity contribution in [3.63, 3.8) is 0 Å². The van der Waals surface area contributed by atoms with Gasteiger partial charge in [-0.2, -0.15) is 18.4 Å². The Morgan fingerprint density at radius 2 is 2.10 bits per heavy atom. The standard InChI is InChI=1S/C15H15F3N2/c1-11(10-19)20-7-5-12(6-8-20)13-3-2-4-14(9-13)15(16,17)18/h2-5,9,11H,6-8H2,1H3. The monoisotopic (exact) mass is 280 g/mol. The van der Waals surface area contributed by atoms with E-state index in [0.717, 1.165) is 11.6 Å². The van der Waals surface area contributed by atoms with Crippen molar-refractivity contribution in [2.45, 2.75) is 25.6 Å². The quantitative estimate of drug-likeness (QED) is 0.825. The molecular formula is C15H15F3N2. The first kappa shape index (κ1) is 14.6. The van der Waals surface area contributed by atoms with Crippen LogP contribution >= 0.6 is 0 Å². The second-order valence-electron chi connectivity index (χ2n) is 4.86. The van der Waals surface area contributed by atoms with Crippen molar-refractivity contribution in [2.75, 3.05) is 13.1 Å². The van der Waals surface area contributed by atoms with Gasteiger partial charge in [-0.1, -0.05) is 18.2 Å². The van der Waals surface area contributed by atoms with Crippen molar-refractivity contribution in [1.29, 1.82) is 5.26 Å². The number of halogens is 3. The lowest BCUT2D eigenvalue weighted by molar-refractivity contribution is -0.137. The van der Waals surface area contributed by atoms with Gasteiger partial charge in [0.15, 0.2) is 0 Å². The minimum atomic E-state index is -4.31. The Labute approximate surface area is 116 Å². The summed E-state index contributed by atoms with van der Waals surface area (Å²) >= 11 is 0. The average molecular weight is 280 g/mol. The fraction of sp³-hybridized carbons (Fsp3) is 0.400. The Kier molecular flexibility index (Phi) is 4.15. The molecule has 0 aliphatic carbocycles. The molecule has 1 aromatic rings. The zero-order valence-electron chi connectivity index (χ0n) is 11.1. The van der Waals surface area contributed by atoms with Gasteiger partial charge in [0.2, 0.25) is 0 Å². The predicted molar refractivity (Wildman–Crippen MR) is 70.7 cm³/mol. The zero-order chi connectivity index (χ0) is 14.8. The SMILES string of the molecule is CC(C#N)N1CC=C(c2cccc(C(F)(F)F)c2)CC1. The number of hydrogen-bond acceptors (Lipinski definition) is 2. The maximum absolute atomic E-state index is 12.7. The molecule has 1 aliphatic rings. The van der Waals surface area contributed by atoms with Gasteiger partial charge in [-0.05, 0) is 36.6 Å². The number of nitrogens with zero attached hydrogens (tertiary/aromatic N) is 2. The molecule has 0 saturated carbocycles. The highest BCUT2D eigenvalue weighted by molar-refractivity contribution is 5.67. The van der Waals surface area contributed by atoms with E-state index in [1.807, 2.05) is 17.9 Å². The summed E-state index contributed by atoms with van der Waals surface area (Å²) in [5.41, 5.74) is 0.908. The minimum absolute atomic E-state index is 0.172. The van der Waals surface area contributed by atoms with Gasteiger partial charge in [0.1, 0.15) is 0 Å². The molecule has 0 N–H and O–H groups in total. The Bertz CT molecular complexity index is 555. The van der Waals surface area contributed by atoms with Gasteiger partial charge in [0.05, 0.1) is 17.7 Å². The molecule has 0 saturated heterocycles. The maximum Gasteiger partial charge on any atom is 0.416 e. The van der Waals surface area contributed by atoms with Crippen LogP contribution in [-0.4, -0.2) is 24.0 Å². The minimum Gasteiger partial charge on any atom is -0.284 e. The summed E-state index contributed by atoms with van der Waals surface area (Å²) in [5.74, 6) is 0. The van der Waals surface area contributed by atoms with Gasteiger partial charge in [-0.25, -0.2) is 0 Å². The highest BCUT2D eigenvalue weighted by Gasteiger charge is 2.30. The zero-order valence-corrected chi connectivity index (χ0v) is 11.1. The number of nitriles is 1. The van der Waals surface area contributed by atoms with E-state index in [2.05, 4.69) is 6.07 Å². The van der Waals surface area contributed by atoms with Gasteiger partial charge < -0.3 is 0 Å². The van der Waals surface area contributed by atoms with E-state index in [-0.39, 0.29) is 6.04 Å². The van der Waals surface area contributed by atoms with E-state index >= 15 is 0 Å². The summed E-state index contributed by atoms with van der Waals surface area (Å²) in [5, 5.41) is 8.86. The van der Waals surface area contributed by atoms with Crippen LogP contribution in [0.15, 0.2) is 30.3 Å². The number of benzene rings is 1. The molecule has 2 rings (SSSR count). The lowest BCUT2D eigenvalue weighted by atomic mass is 9.97. The molecule has 5 heteroatoms. The van der Waals surface area contributed by atoms with Crippen LogP contribution in [0.5, 0.6) is 0 Å². The molecule has 1 heterocycles. The second kappa shape index (κ2) is 5.68. The van der Waals surface area contributed by atoms with Gasteiger partial charge in [-0.3, -0.25) is 4.90 Å². The summed E-state index contributed by atoms with van der Waals surface area (Å²) in [6.45, 7) is 3.11. The molecule has 1 atom stereocenters. The van der Waals surface area contributed by atoms with Crippen LogP contribution in [0.2, 0.25) is 0 Å². The summed E-state index contributed by atoms with van der Waals surface area (Å²) in [4.78, 5) is 2.00. The first-order valence-corrected chi connectivity index (χ1v) is 6.42. The van der Waals surface area contributed by atoms with Crippen LogP contribution < -0.4 is 0 Å². The van der Waals surface area contributed by atoms with Crippen molar-refractivity contribution < 1.29 is 13.2 Å². The summed E-state index contributed by atoms with van der Waals surface area (Å²) in [6, 6.07) is 7.40. The first-order chi connectivity index (χ1) is 9.41. The third-order valence-corrected chi connectivity index (χ3v) is 3.54. The molecular weight excluding hydrogens is 265 g/mol. The van der Waals surface area contributed by atoms with Crippen LogP contribution in [0.1, 0.15) is 24.5 Å². The summed E-state index contributed by atoms with van der Waals surface area (Å²) in [6.07, 6.45) is -1.74. The Morgan fingerprint density at radius 3 is 2.65 bits per heavy atom. The van der Waals surface area contributed by atoms with E-state index in [0.29, 0.717) is 25.1 Å². The van der Waals surface area contributed by atoms with Crippen LogP contribution in [0.4, 0.5) is 13.2 Å². The molecule has 0 spiro atoms. The molecule has 1 aromatic carbocycles. The van der Waals surface area contributed by atoms with Gasteiger partial charge >= 0.3 is 6.18 Å². The van der Waals surface area contributed by atoms with E-state index in [9.17, 15) is 13.2 Å². The number of rotatable bonds is 2. The van der Waals surface area contributed by atoms with Crippen molar-refractivity contribution in [2.24, 2.45) is 0 Å². The highest BCUT2D eigenvalue weighted by atomic mass is 19.4. The number of hydrogen-bond donors (Lipinski definition) is 0. The molecule has 0 aromatic heterocycles. The Hall–Kier alpha value is -1.80. The smallest absolute Gasteiger partial charge is 0.284 e. The van der Waals surface area contributed by atoms with E-state index in [1.54, 1.807) is 6.07 Å². The lowest BCUT2D eigenvalue weighted by Crippen LogP contribution is -2.35. The van der Waals surface area contributed by atoms with Crippen LogP contribution in [0.3, 0.4) is 0 Å². The molecule has 0 bridgehead atoms. The topological polar surface area (TPSA) is 27.0 Å². The van der Waals surface area contributed by atoms with Crippen molar-refractivity contribution in [3.05, 3.63) is 41.5 Å². The molecule has 20 heavy (non-hydrogen) atoms. The number of alkyl halides is 3. The highest BCUT2D eigenvalue weighted by Crippen LogP contribution is 2.32. The normalized spacial score (nSPS) is 18.2. The van der Waals surface area contributed by atoms with Crippen molar-refractivity contribution in [1.82, 2.24) is 4.90 Å². The van der Waals surface area contributed by atoms with Crippen LogP contribution in [0, 0.1) is 11.3 Å². The van der Waals surface area contributed by atoms with Gasteiger partial charge in [0, 0.05) is 13.1 Å². The molecule has 0 radical (unpaired) electrons. The molecule has 0 fully saturated rings. The molecule has 1 unspecified atom stereocenters. The average Bonchev–Trinajstić information content (AvgIpc) is 2.46. The lowest BCUT2D eigenvalue weighted by Gasteiger charge is -2.28. The predicted octanol–water partition coefficient (Wildman–Crippen LogP) is 3.71. The van der Waals surface area contributed by atoms with E-state index < -0.39 is 11.7 Å². The van der Waals surface area contributed by atoms with Gasteiger partial charge in [0.25, 0.3) is 0 Å². The van der Waals surface area contributed by atoms with E-state index in [4.69, 9.17) is 5.26 Å². The molecule has 2 nitrogen and oxygen atoms in total. The largest absolute Gasteiger partial charge is 0.416 e. The van der Waals surface area contributed by atoms with Gasteiger partial charge in [-0.15, -0.1) is 0 Å². The second-order valence-corrected chi connectivity index (χ2v) is 4.86. The molecule has 0 amide bonds. The Morgan fingerprint density at radius 1 is 1.35 bits per heavy atom. The first-order valence-electron chi connectivity index (χ1n) is 6.42. The third-order valence-electron chi connectivity index (χ3n) is 3.54. The Balaban J connectivity index is 2.18. The summed E-state index contributed by atoms with van der Waals surface area (Å²) in [7, 11) is 0. The van der Waals surface area contributed by atoms with E-state index in [1.165, 1.54) is 12.1 Å². The van der Waals surface area contributed by atoms with Crippen LogP contribution in [-0.2, 0) is 6.18 Å². The maximum atomic E-state index is 12.7.